The van der Waals surface area contributed by atoms with Crippen LogP contribution in [0.1, 0.15) is 66.3 Å². The van der Waals surface area contributed by atoms with Gasteiger partial charge in [-0.15, -0.1) is 0 Å². The number of nitriles is 1. The van der Waals surface area contributed by atoms with Crippen LogP contribution in [0.5, 0.6) is 11.5 Å². The molecule has 0 aliphatic heterocycles. The van der Waals surface area contributed by atoms with Crippen molar-refractivity contribution in [3.05, 3.63) is 108 Å². The third kappa shape index (κ3) is 9.97. The molecule has 0 unspecified atom stereocenters. The van der Waals surface area contributed by atoms with Crippen LogP contribution in [0.3, 0.4) is 0 Å². The highest BCUT2D eigenvalue weighted by Crippen LogP contribution is 2.28. The lowest BCUT2D eigenvalue weighted by atomic mass is 10.1. The van der Waals surface area contributed by atoms with Crippen molar-refractivity contribution in [2.45, 2.75) is 45.6 Å². The van der Waals surface area contributed by atoms with E-state index in [1.165, 1.54) is 18.1 Å². The van der Waals surface area contributed by atoms with Gasteiger partial charge in [-0.2, -0.15) is 5.26 Å². The SMILES string of the molecule is CCCCCCOC(=O)NC(=N)c1ccc(NCc2nc3cc(C(=O)N(CCC(=O)Oc4cc(C#N)ccc4OC)c4ccccn4)ccc3n2C)cc1. The maximum absolute atomic E-state index is 13.9. The van der Waals surface area contributed by atoms with Crippen molar-refractivity contribution in [2.75, 3.05) is 30.5 Å². The molecule has 5 rings (SSSR count). The molecule has 2 amide bonds. The molecular weight excluding hydrogens is 688 g/mol. The van der Waals surface area contributed by atoms with Gasteiger partial charge in [-0.1, -0.05) is 32.3 Å². The lowest BCUT2D eigenvalue weighted by Crippen LogP contribution is -2.34. The third-order valence-corrected chi connectivity index (χ3v) is 8.53. The number of hydrogen-bond donors (Lipinski definition) is 3. The van der Waals surface area contributed by atoms with Gasteiger partial charge in [0.25, 0.3) is 5.91 Å². The molecule has 3 N–H and O–H groups in total. The van der Waals surface area contributed by atoms with Crippen molar-refractivity contribution in [3.63, 3.8) is 0 Å². The largest absolute Gasteiger partial charge is 0.493 e. The van der Waals surface area contributed by atoms with Gasteiger partial charge in [-0.05, 0) is 73.2 Å². The topological polar surface area (TPSA) is 185 Å². The molecule has 0 spiro atoms. The Kier molecular flexibility index (Phi) is 13.3. The Balaban J connectivity index is 1.22. The maximum Gasteiger partial charge on any atom is 0.412 e. The number of alkyl carbamates (subject to hydrolysis) is 1. The fraction of sp³-hybridized carbons (Fsp3) is 0.275. The number of ether oxygens (including phenoxy) is 3. The predicted octanol–water partition coefficient (Wildman–Crippen LogP) is 6.74. The average molecular weight is 731 g/mol. The number of esters is 1. The van der Waals surface area contributed by atoms with Gasteiger partial charge in [0.05, 0.1) is 49.3 Å². The van der Waals surface area contributed by atoms with E-state index in [4.69, 9.17) is 24.6 Å². The summed E-state index contributed by atoms with van der Waals surface area (Å²) >= 11 is 0. The Morgan fingerprint density at radius 2 is 1.76 bits per heavy atom. The number of aryl methyl sites for hydroxylation is 1. The van der Waals surface area contributed by atoms with Gasteiger partial charge in [0.15, 0.2) is 11.5 Å². The summed E-state index contributed by atoms with van der Waals surface area (Å²) in [7, 11) is 3.32. The predicted molar refractivity (Wildman–Crippen MR) is 204 cm³/mol. The van der Waals surface area contributed by atoms with Gasteiger partial charge in [-0.3, -0.25) is 25.2 Å². The molecule has 2 aromatic heterocycles. The smallest absolute Gasteiger partial charge is 0.412 e. The molecule has 278 valence electrons. The quantitative estimate of drug-likeness (QED) is 0.0323. The number of carbonyl (C=O) groups excluding carboxylic acids is 3. The molecule has 0 fully saturated rings. The standard InChI is InChI=1S/C40H42N8O6/c1-4-5-6-9-22-53-40(51)46-38(42)28-12-15-30(16-13-28)44-26-36-45-31-24-29(14-17-32(31)47(36)2)39(50)48(35-10-7-8-20-43-35)21-19-37(49)54-34-23-27(25-41)11-18-33(34)52-3/h7-8,10-18,20,23-24,44H,4-6,9,19,21-22,26H2,1-3H3,(H2,42,46,51). The van der Waals surface area contributed by atoms with E-state index >= 15 is 0 Å². The molecule has 0 saturated heterocycles. The minimum atomic E-state index is -0.642. The van der Waals surface area contributed by atoms with Crippen molar-refractivity contribution >= 4 is 46.3 Å². The highest BCUT2D eigenvalue weighted by molar-refractivity contribution is 6.07. The Bertz CT molecular complexity index is 2140. The second kappa shape index (κ2) is 18.7. The van der Waals surface area contributed by atoms with E-state index in [1.54, 1.807) is 60.8 Å². The van der Waals surface area contributed by atoms with Crippen molar-refractivity contribution in [1.29, 1.82) is 10.7 Å². The van der Waals surface area contributed by atoms with E-state index in [0.717, 1.165) is 42.7 Å². The number of imidazole rings is 1. The molecule has 14 nitrogen and oxygen atoms in total. The first kappa shape index (κ1) is 38.5. The molecule has 2 heterocycles. The first-order chi connectivity index (χ1) is 26.2. The van der Waals surface area contributed by atoms with Crippen LogP contribution in [-0.4, -0.2) is 58.6 Å². The summed E-state index contributed by atoms with van der Waals surface area (Å²) in [6, 6.07) is 24.0. The molecule has 0 radical (unpaired) electrons. The summed E-state index contributed by atoms with van der Waals surface area (Å²) in [4.78, 5) is 49.5. The Morgan fingerprint density at radius 1 is 0.963 bits per heavy atom. The normalized spacial score (nSPS) is 10.6. The summed E-state index contributed by atoms with van der Waals surface area (Å²) in [5.74, 6) is 0.445. The number of carbonyl (C=O) groups is 3. The molecule has 3 aromatic carbocycles. The number of hydrogen-bond acceptors (Lipinski definition) is 11. The molecule has 0 aliphatic carbocycles. The van der Waals surface area contributed by atoms with E-state index in [9.17, 15) is 19.6 Å². The van der Waals surface area contributed by atoms with Gasteiger partial charge in [-0.25, -0.2) is 14.8 Å². The summed E-state index contributed by atoms with van der Waals surface area (Å²) in [5.41, 5.74) is 3.41. The second-order valence-electron chi connectivity index (χ2n) is 12.3. The zero-order valence-electron chi connectivity index (χ0n) is 30.4. The number of unbranched alkanes of at least 4 members (excludes halogenated alkanes) is 3. The fourth-order valence-electron chi connectivity index (χ4n) is 5.57. The van der Waals surface area contributed by atoms with Crippen molar-refractivity contribution in [1.82, 2.24) is 19.9 Å². The molecule has 0 bridgehead atoms. The molecule has 0 saturated carbocycles. The van der Waals surface area contributed by atoms with Crippen LogP contribution in [0, 0.1) is 16.7 Å². The van der Waals surface area contributed by atoms with Gasteiger partial charge >= 0.3 is 12.1 Å². The minimum Gasteiger partial charge on any atom is -0.493 e. The molecule has 5 aromatic rings. The van der Waals surface area contributed by atoms with Gasteiger partial charge in [0.1, 0.15) is 17.5 Å². The van der Waals surface area contributed by atoms with Crippen LogP contribution in [-0.2, 0) is 23.1 Å². The number of methoxy groups -OCH3 is 1. The first-order valence-corrected chi connectivity index (χ1v) is 17.5. The number of anilines is 2. The highest BCUT2D eigenvalue weighted by atomic mass is 16.6. The van der Waals surface area contributed by atoms with Crippen LogP contribution in [0.15, 0.2) is 85.1 Å². The maximum atomic E-state index is 13.9. The van der Waals surface area contributed by atoms with Gasteiger partial charge in [0.2, 0.25) is 0 Å². The zero-order chi connectivity index (χ0) is 38.5. The van der Waals surface area contributed by atoms with Crippen LogP contribution < -0.4 is 25.0 Å². The van der Waals surface area contributed by atoms with Crippen LogP contribution in [0.25, 0.3) is 11.0 Å². The van der Waals surface area contributed by atoms with E-state index in [2.05, 4.69) is 22.5 Å². The monoisotopic (exact) mass is 730 g/mol. The number of rotatable bonds is 16. The molecule has 14 heteroatoms. The second-order valence-corrected chi connectivity index (χ2v) is 12.3. The highest BCUT2D eigenvalue weighted by Gasteiger charge is 2.22. The van der Waals surface area contributed by atoms with Crippen molar-refractivity contribution in [2.24, 2.45) is 7.05 Å². The molecule has 54 heavy (non-hydrogen) atoms. The van der Waals surface area contributed by atoms with Crippen LogP contribution in [0.4, 0.5) is 16.3 Å². The van der Waals surface area contributed by atoms with Gasteiger partial charge < -0.3 is 24.1 Å². The number of nitrogens with one attached hydrogen (secondary N) is 3. The first-order valence-electron chi connectivity index (χ1n) is 17.5. The van der Waals surface area contributed by atoms with E-state index < -0.39 is 12.1 Å². The number of amidine groups is 1. The minimum absolute atomic E-state index is 0.0259. The van der Waals surface area contributed by atoms with Crippen LogP contribution in [0.2, 0.25) is 0 Å². The third-order valence-electron chi connectivity index (χ3n) is 8.53. The Morgan fingerprint density at radius 3 is 2.48 bits per heavy atom. The van der Waals surface area contributed by atoms with E-state index in [1.807, 2.05) is 35.9 Å². The number of fused-ring (bicyclic) bond motifs is 1. The lowest BCUT2D eigenvalue weighted by molar-refractivity contribution is -0.134. The number of aromatic nitrogens is 3. The summed E-state index contributed by atoms with van der Waals surface area (Å²) in [6.07, 6.45) is 4.75. The lowest BCUT2D eigenvalue weighted by Gasteiger charge is -2.21. The molecular formula is C40H42N8O6. The average Bonchev–Trinajstić information content (AvgIpc) is 3.51. The number of pyridine rings is 1. The molecule has 0 aliphatic rings. The van der Waals surface area contributed by atoms with E-state index in [0.29, 0.717) is 46.9 Å². The molecule has 0 atom stereocenters. The number of amides is 2. The Labute approximate surface area is 313 Å². The van der Waals surface area contributed by atoms with Crippen molar-refractivity contribution in [3.8, 4) is 17.6 Å². The summed E-state index contributed by atoms with van der Waals surface area (Å²) < 4.78 is 17.9. The fourth-order valence-corrected chi connectivity index (χ4v) is 5.57. The zero-order valence-corrected chi connectivity index (χ0v) is 30.4. The van der Waals surface area contributed by atoms with Gasteiger partial charge in [0, 0.05) is 42.7 Å². The van der Waals surface area contributed by atoms with Crippen molar-refractivity contribution < 1.29 is 28.6 Å². The Hall–Kier alpha value is -6.75. The van der Waals surface area contributed by atoms with Crippen LogP contribution >= 0.6 is 0 Å². The number of nitrogens with zero attached hydrogens (tertiary/aromatic N) is 5. The summed E-state index contributed by atoms with van der Waals surface area (Å²) in [6.45, 7) is 2.78. The van der Waals surface area contributed by atoms with E-state index in [-0.39, 0.29) is 30.5 Å². The summed E-state index contributed by atoms with van der Waals surface area (Å²) in [5, 5.41) is 23.3. The number of benzene rings is 3.